The van der Waals surface area contributed by atoms with Gasteiger partial charge in [0.15, 0.2) is 0 Å². The second-order valence-corrected chi connectivity index (χ2v) is 16.9. The minimum Gasteiger partial charge on any atom is -0.456 e. The van der Waals surface area contributed by atoms with Crippen LogP contribution in [-0.4, -0.2) is 4.57 Å². The van der Waals surface area contributed by atoms with Crippen molar-refractivity contribution >= 4 is 60.8 Å². The molecular formula is C62H44N2O. The van der Waals surface area contributed by atoms with Gasteiger partial charge in [-0.05, 0) is 130 Å². The Balaban J connectivity index is 0.990. The van der Waals surface area contributed by atoms with Crippen molar-refractivity contribution in [1.82, 2.24) is 4.57 Å². The third-order valence-corrected chi connectivity index (χ3v) is 12.9. The van der Waals surface area contributed by atoms with Crippen LogP contribution in [0.1, 0.15) is 22.3 Å². The second kappa shape index (κ2) is 16.4. The van der Waals surface area contributed by atoms with Gasteiger partial charge in [0.2, 0.25) is 0 Å². The predicted octanol–water partition coefficient (Wildman–Crippen LogP) is 16.7. The van der Waals surface area contributed by atoms with Gasteiger partial charge in [0, 0.05) is 50.4 Å². The molecule has 0 fully saturated rings. The molecular weight excluding hydrogens is 789 g/mol. The number of hydrogen-bond acceptors (Lipinski definition) is 2. The number of furan rings is 1. The highest BCUT2D eigenvalue weighted by molar-refractivity contribution is 6.10. The molecule has 12 rings (SSSR count). The van der Waals surface area contributed by atoms with Crippen LogP contribution in [0.3, 0.4) is 0 Å². The van der Waals surface area contributed by atoms with E-state index in [1.807, 2.05) is 12.1 Å². The molecule has 0 bridgehead atoms. The van der Waals surface area contributed by atoms with E-state index in [2.05, 4.69) is 240 Å². The maximum absolute atomic E-state index is 6.50. The number of rotatable bonds is 10. The largest absolute Gasteiger partial charge is 0.456 e. The third kappa shape index (κ3) is 7.14. The molecule has 0 aliphatic rings. The molecule has 0 atom stereocenters. The maximum Gasteiger partial charge on any atom is 0.137 e. The van der Waals surface area contributed by atoms with E-state index in [1.54, 1.807) is 0 Å². The highest BCUT2D eigenvalue weighted by Gasteiger charge is 2.20. The number of hydrogen-bond donors (Lipinski definition) is 0. The van der Waals surface area contributed by atoms with Gasteiger partial charge in [0.05, 0.1) is 11.0 Å². The van der Waals surface area contributed by atoms with Crippen molar-refractivity contribution in [2.75, 3.05) is 4.90 Å². The molecule has 3 heteroatoms. The Bertz CT molecular complexity index is 3640. The Labute approximate surface area is 378 Å². The van der Waals surface area contributed by atoms with Crippen LogP contribution in [0.15, 0.2) is 247 Å². The van der Waals surface area contributed by atoms with Gasteiger partial charge in [-0.3, -0.25) is 0 Å². The summed E-state index contributed by atoms with van der Waals surface area (Å²) in [6.07, 6.45) is 1.66. The molecule has 0 aliphatic heterocycles. The summed E-state index contributed by atoms with van der Waals surface area (Å²) >= 11 is 0. The molecule has 0 saturated carbocycles. The first-order valence-corrected chi connectivity index (χ1v) is 22.4. The number of para-hydroxylation sites is 3. The third-order valence-electron chi connectivity index (χ3n) is 12.9. The highest BCUT2D eigenvalue weighted by atomic mass is 16.3. The van der Waals surface area contributed by atoms with E-state index >= 15 is 0 Å². The number of aromatic nitrogens is 1. The molecule has 10 aromatic carbocycles. The summed E-state index contributed by atoms with van der Waals surface area (Å²) in [6, 6.07) is 87.7. The Hall–Kier alpha value is -8.40. The van der Waals surface area contributed by atoms with Gasteiger partial charge in [-0.15, -0.1) is 0 Å². The van der Waals surface area contributed by atoms with Crippen LogP contribution in [0.2, 0.25) is 0 Å². The zero-order valence-electron chi connectivity index (χ0n) is 35.8. The molecule has 3 nitrogen and oxygen atoms in total. The minimum absolute atomic E-state index is 0.794. The van der Waals surface area contributed by atoms with Gasteiger partial charge in [-0.1, -0.05) is 164 Å². The summed E-state index contributed by atoms with van der Waals surface area (Å²) in [4.78, 5) is 2.38. The van der Waals surface area contributed by atoms with Crippen molar-refractivity contribution in [3.8, 4) is 27.9 Å². The number of fused-ring (bicyclic) bond motifs is 6. The van der Waals surface area contributed by atoms with Crippen LogP contribution >= 0.6 is 0 Å². The first kappa shape index (κ1) is 38.3. The Morgan fingerprint density at radius 1 is 0.338 bits per heavy atom. The van der Waals surface area contributed by atoms with Crippen molar-refractivity contribution in [2.45, 2.75) is 12.8 Å². The van der Waals surface area contributed by atoms with E-state index in [4.69, 9.17) is 4.42 Å². The van der Waals surface area contributed by atoms with E-state index in [1.165, 1.54) is 60.8 Å². The van der Waals surface area contributed by atoms with E-state index in [0.717, 1.165) is 63.1 Å². The minimum atomic E-state index is 0.794. The van der Waals surface area contributed by atoms with E-state index in [0.29, 0.717) is 0 Å². The van der Waals surface area contributed by atoms with Crippen molar-refractivity contribution in [3.05, 3.63) is 265 Å². The van der Waals surface area contributed by atoms with Crippen LogP contribution in [0, 0.1) is 0 Å². The quantitative estimate of drug-likeness (QED) is 0.137. The van der Waals surface area contributed by atoms with E-state index < -0.39 is 0 Å². The average Bonchev–Trinajstić information content (AvgIpc) is 3.91. The van der Waals surface area contributed by atoms with Gasteiger partial charge in [-0.25, -0.2) is 0 Å². The van der Waals surface area contributed by atoms with E-state index in [-0.39, 0.29) is 0 Å². The standard InChI is InChI=1S/C62H44N2O/c1-4-16-43(17-5-1)38-47-20-10-11-23-53(47)54-35-33-51(40-48(54)39-44-18-6-2-7-19-44)63(52-34-36-57-56-25-13-15-27-61(56)65-62(57)42-52)50-31-28-45(29-32-50)46-30-37-60-58(41-46)55-24-12-14-26-59(55)64(60)49-21-8-3-9-22-49/h1-37,40-42H,38-39H2. The summed E-state index contributed by atoms with van der Waals surface area (Å²) in [6.45, 7) is 0. The first-order valence-electron chi connectivity index (χ1n) is 22.4. The van der Waals surface area contributed by atoms with Crippen molar-refractivity contribution in [1.29, 1.82) is 0 Å². The van der Waals surface area contributed by atoms with Crippen molar-refractivity contribution < 1.29 is 4.42 Å². The van der Waals surface area contributed by atoms with Gasteiger partial charge >= 0.3 is 0 Å². The van der Waals surface area contributed by atoms with Gasteiger partial charge in [-0.2, -0.15) is 0 Å². The smallest absolute Gasteiger partial charge is 0.137 e. The topological polar surface area (TPSA) is 21.3 Å². The fourth-order valence-electron chi connectivity index (χ4n) is 9.81. The van der Waals surface area contributed by atoms with Gasteiger partial charge in [0.1, 0.15) is 11.2 Å². The molecule has 12 aromatic rings. The summed E-state index contributed by atoms with van der Waals surface area (Å²) < 4.78 is 8.87. The Morgan fingerprint density at radius 2 is 0.892 bits per heavy atom. The SMILES string of the molecule is c1ccc(Cc2ccccc2-c2ccc(N(c3ccc(-c4ccc5c(c4)c4ccccc4n5-c4ccccc4)cc3)c3ccc4c(c3)oc3ccccc34)cc2Cc2ccccc2)cc1. The number of nitrogens with zero attached hydrogens (tertiary/aromatic N) is 2. The summed E-state index contributed by atoms with van der Waals surface area (Å²) in [5.74, 6) is 0. The Kier molecular flexibility index (Phi) is 9.65. The molecule has 0 saturated heterocycles. The zero-order chi connectivity index (χ0) is 43.1. The molecule has 0 amide bonds. The van der Waals surface area contributed by atoms with Gasteiger partial charge in [0.25, 0.3) is 0 Å². The molecule has 2 aromatic heterocycles. The fourth-order valence-corrected chi connectivity index (χ4v) is 9.81. The lowest BCUT2D eigenvalue weighted by Crippen LogP contribution is -2.11. The molecule has 0 N–H and O–H groups in total. The normalized spacial score (nSPS) is 11.5. The fraction of sp³-hybridized carbons (Fsp3) is 0.0323. The van der Waals surface area contributed by atoms with Crippen molar-refractivity contribution in [2.24, 2.45) is 0 Å². The Morgan fingerprint density at radius 3 is 1.68 bits per heavy atom. The van der Waals surface area contributed by atoms with Crippen LogP contribution in [0.5, 0.6) is 0 Å². The maximum atomic E-state index is 6.50. The van der Waals surface area contributed by atoms with E-state index in [9.17, 15) is 0 Å². The summed E-state index contributed by atoms with van der Waals surface area (Å²) in [5, 5.41) is 4.72. The molecule has 308 valence electrons. The van der Waals surface area contributed by atoms with Gasteiger partial charge < -0.3 is 13.9 Å². The summed E-state index contributed by atoms with van der Waals surface area (Å²) in [7, 11) is 0. The molecule has 0 aliphatic carbocycles. The number of anilines is 3. The molecule has 65 heavy (non-hydrogen) atoms. The average molecular weight is 833 g/mol. The van der Waals surface area contributed by atoms with Crippen LogP contribution < -0.4 is 4.90 Å². The van der Waals surface area contributed by atoms with Crippen LogP contribution in [-0.2, 0) is 12.8 Å². The number of benzene rings is 10. The molecule has 0 unspecified atom stereocenters. The molecule has 0 spiro atoms. The predicted molar refractivity (Wildman–Crippen MR) is 272 cm³/mol. The van der Waals surface area contributed by atoms with Crippen LogP contribution in [0.4, 0.5) is 17.1 Å². The molecule has 2 heterocycles. The molecule has 0 radical (unpaired) electrons. The lowest BCUT2D eigenvalue weighted by molar-refractivity contribution is 0.669. The van der Waals surface area contributed by atoms with Crippen LogP contribution in [0.25, 0.3) is 71.7 Å². The lowest BCUT2D eigenvalue weighted by atomic mass is 9.89. The first-order chi connectivity index (χ1) is 32.2. The zero-order valence-corrected chi connectivity index (χ0v) is 35.8. The second-order valence-electron chi connectivity index (χ2n) is 16.9. The lowest BCUT2D eigenvalue weighted by Gasteiger charge is -2.27. The highest BCUT2D eigenvalue weighted by Crippen LogP contribution is 2.42. The summed E-state index contributed by atoms with van der Waals surface area (Å²) in [5.41, 5.74) is 18.5. The monoisotopic (exact) mass is 832 g/mol. The van der Waals surface area contributed by atoms with Crippen molar-refractivity contribution in [3.63, 3.8) is 0 Å².